The average molecular weight is 132 g/mol. The normalized spacial score (nSPS) is 8.50. The van der Waals surface area contributed by atoms with E-state index in [0.717, 1.165) is 6.42 Å². The van der Waals surface area contributed by atoms with Crippen molar-refractivity contribution < 1.29 is 0 Å². The number of aromatic nitrogens is 1. The van der Waals surface area contributed by atoms with Crippen molar-refractivity contribution in [3.05, 3.63) is 30.1 Å². The van der Waals surface area contributed by atoms with Crippen LogP contribution in [0.25, 0.3) is 0 Å². The molecule has 0 aliphatic carbocycles. The highest BCUT2D eigenvalue weighted by Crippen LogP contribution is 1.95. The Labute approximate surface area is 64.1 Å². The maximum absolute atomic E-state index is 4.17. The Hall–Kier alpha value is -0.785. The van der Waals surface area contributed by atoms with Gasteiger partial charge in [0.2, 0.25) is 0 Å². The molecule has 0 unspecified atom stereocenters. The van der Waals surface area contributed by atoms with Crippen molar-refractivity contribution >= 4 is 8.41 Å². The van der Waals surface area contributed by atoms with E-state index in [1.54, 1.807) is 0 Å². The van der Waals surface area contributed by atoms with Gasteiger partial charge >= 0.3 is 0 Å². The lowest BCUT2D eigenvalue weighted by atomic mass is 10.2. The molecule has 1 heterocycles. The minimum Gasteiger partial charge on any atom is -0.261 e. The molecule has 0 saturated heterocycles. The van der Waals surface area contributed by atoms with Gasteiger partial charge in [-0.2, -0.15) is 0 Å². The largest absolute Gasteiger partial charge is 0.261 e. The van der Waals surface area contributed by atoms with E-state index in [2.05, 4.69) is 18.0 Å². The summed E-state index contributed by atoms with van der Waals surface area (Å²) < 4.78 is 0. The zero-order valence-corrected chi connectivity index (χ0v) is 6.25. The molecule has 2 heteroatoms. The molecular weight excluding hydrogens is 121 g/mol. The van der Waals surface area contributed by atoms with E-state index in [1.807, 2.05) is 18.3 Å². The highest BCUT2D eigenvalue weighted by Gasteiger charge is 1.86. The van der Waals surface area contributed by atoms with Crippen LogP contribution in [0.15, 0.2) is 24.4 Å². The van der Waals surface area contributed by atoms with Gasteiger partial charge in [0.25, 0.3) is 0 Å². The lowest BCUT2D eigenvalue weighted by Gasteiger charge is -1.92. The second kappa shape index (κ2) is 5.04. The molecule has 0 atom stereocenters. The number of nitrogens with zero attached hydrogens (tertiary/aromatic N) is 1. The Morgan fingerprint density at radius 3 is 2.70 bits per heavy atom. The van der Waals surface area contributed by atoms with Gasteiger partial charge in [-0.15, -0.1) is 0 Å². The minimum absolute atomic E-state index is 0. The Morgan fingerprint density at radius 1 is 1.40 bits per heavy atom. The maximum atomic E-state index is 4.17. The van der Waals surface area contributed by atoms with Gasteiger partial charge in [0.1, 0.15) is 0 Å². The molecule has 0 aliphatic rings. The number of pyridine rings is 1. The zero-order chi connectivity index (χ0) is 6.53. The summed E-state index contributed by atoms with van der Waals surface area (Å²) in [5, 5.41) is 0. The summed E-state index contributed by atoms with van der Waals surface area (Å²) in [6, 6.07) is 6.03. The number of hydrogen-bond donors (Lipinski definition) is 0. The molecule has 0 aromatic carbocycles. The van der Waals surface area contributed by atoms with Crippen LogP contribution < -0.4 is 0 Å². The molecule has 1 rings (SSSR count). The predicted molar refractivity (Wildman–Crippen MR) is 44.0 cm³/mol. The van der Waals surface area contributed by atoms with Crippen molar-refractivity contribution in [2.24, 2.45) is 0 Å². The van der Waals surface area contributed by atoms with Crippen molar-refractivity contribution in [2.45, 2.75) is 19.8 Å². The number of rotatable bonds is 2. The van der Waals surface area contributed by atoms with Crippen LogP contribution in [0.4, 0.5) is 0 Å². The molecule has 1 aromatic heterocycles. The summed E-state index contributed by atoms with van der Waals surface area (Å²) in [5.41, 5.74) is 1.19. The van der Waals surface area contributed by atoms with E-state index in [0.29, 0.717) is 0 Å². The van der Waals surface area contributed by atoms with Crippen LogP contribution >= 0.6 is 0 Å². The zero-order valence-electron chi connectivity index (χ0n) is 6.25. The van der Waals surface area contributed by atoms with Gasteiger partial charge in [0.15, 0.2) is 0 Å². The highest BCUT2D eigenvalue weighted by molar-refractivity contribution is 5.75. The standard InChI is InChI=1S/C8H11N.B/c1-2-5-8-6-3-4-7-9-8;/h3-4,6-7H,2,5H2,1H3;. The van der Waals surface area contributed by atoms with Crippen LogP contribution in [0, 0.1) is 0 Å². The molecular formula is C8H11BN. The van der Waals surface area contributed by atoms with Gasteiger partial charge in [-0.3, -0.25) is 4.98 Å². The van der Waals surface area contributed by atoms with Gasteiger partial charge in [-0.1, -0.05) is 19.4 Å². The van der Waals surface area contributed by atoms with Crippen LogP contribution in [-0.4, -0.2) is 13.4 Å². The molecule has 0 aliphatic heterocycles. The Bertz CT molecular complexity index is 162. The molecule has 1 aromatic rings. The quantitative estimate of drug-likeness (QED) is 0.557. The Morgan fingerprint density at radius 2 is 2.20 bits per heavy atom. The molecule has 0 N–H and O–H groups in total. The maximum Gasteiger partial charge on any atom is 0.0403 e. The first-order valence-electron chi connectivity index (χ1n) is 3.33. The summed E-state index contributed by atoms with van der Waals surface area (Å²) in [7, 11) is 0. The van der Waals surface area contributed by atoms with Crippen LogP contribution in [0.3, 0.4) is 0 Å². The Kier molecular flexibility index (Phi) is 4.64. The van der Waals surface area contributed by atoms with E-state index in [-0.39, 0.29) is 8.41 Å². The summed E-state index contributed by atoms with van der Waals surface area (Å²) in [6.45, 7) is 2.16. The van der Waals surface area contributed by atoms with E-state index in [1.165, 1.54) is 12.1 Å². The van der Waals surface area contributed by atoms with E-state index >= 15 is 0 Å². The second-order valence-corrected chi connectivity index (χ2v) is 2.07. The van der Waals surface area contributed by atoms with Gasteiger partial charge in [-0.25, -0.2) is 0 Å². The van der Waals surface area contributed by atoms with Crippen LogP contribution in [0.5, 0.6) is 0 Å². The van der Waals surface area contributed by atoms with Crippen molar-refractivity contribution in [2.75, 3.05) is 0 Å². The van der Waals surface area contributed by atoms with Crippen molar-refractivity contribution in [1.29, 1.82) is 0 Å². The first kappa shape index (κ1) is 9.21. The van der Waals surface area contributed by atoms with E-state index in [9.17, 15) is 0 Å². The molecule has 51 valence electrons. The van der Waals surface area contributed by atoms with Gasteiger partial charge in [0, 0.05) is 20.3 Å². The van der Waals surface area contributed by atoms with E-state index < -0.39 is 0 Å². The first-order chi connectivity index (χ1) is 4.43. The third kappa shape index (κ3) is 2.67. The fourth-order valence-corrected chi connectivity index (χ4v) is 0.802. The molecule has 10 heavy (non-hydrogen) atoms. The van der Waals surface area contributed by atoms with Crippen molar-refractivity contribution in [1.82, 2.24) is 4.98 Å². The van der Waals surface area contributed by atoms with Gasteiger partial charge < -0.3 is 0 Å². The molecule has 0 saturated carbocycles. The fourth-order valence-electron chi connectivity index (χ4n) is 0.802. The summed E-state index contributed by atoms with van der Waals surface area (Å²) >= 11 is 0. The fraction of sp³-hybridized carbons (Fsp3) is 0.375. The molecule has 3 radical (unpaired) electrons. The molecule has 0 amide bonds. The molecule has 0 fully saturated rings. The highest BCUT2D eigenvalue weighted by atomic mass is 14.7. The summed E-state index contributed by atoms with van der Waals surface area (Å²) in [5.74, 6) is 0. The minimum atomic E-state index is 0. The third-order valence-electron chi connectivity index (χ3n) is 1.23. The van der Waals surface area contributed by atoms with Gasteiger partial charge in [0.05, 0.1) is 0 Å². The summed E-state index contributed by atoms with van der Waals surface area (Å²) in [6.07, 6.45) is 4.11. The molecule has 0 spiro atoms. The van der Waals surface area contributed by atoms with Crippen LogP contribution in [0.1, 0.15) is 19.0 Å². The predicted octanol–water partition coefficient (Wildman–Crippen LogP) is 1.65. The number of aryl methyl sites for hydroxylation is 1. The third-order valence-corrected chi connectivity index (χ3v) is 1.23. The smallest absolute Gasteiger partial charge is 0.0403 e. The molecule has 1 nitrogen and oxygen atoms in total. The van der Waals surface area contributed by atoms with Crippen LogP contribution in [-0.2, 0) is 6.42 Å². The van der Waals surface area contributed by atoms with Gasteiger partial charge in [-0.05, 0) is 18.6 Å². The lowest BCUT2D eigenvalue weighted by molar-refractivity contribution is 0.883. The topological polar surface area (TPSA) is 12.9 Å². The van der Waals surface area contributed by atoms with E-state index in [4.69, 9.17) is 0 Å². The van der Waals surface area contributed by atoms with Crippen molar-refractivity contribution in [3.8, 4) is 0 Å². The molecule has 0 bridgehead atoms. The SMILES string of the molecule is CCCc1ccccn1.[B]. The summed E-state index contributed by atoms with van der Waals surface area (Å²) in [4.78, 5) is 4.17. The van der Waals surface area contributed by atoms with Crippen LogP contribution in [0.2, 0.25) is 0 Å². The second-order valence-electron chi connectivity index (χ2n) is 2.07. The lowest BCUT2D eigenvalue weighted by Crippen LogP contribution is -1.84. The first-order valence-corrected chi connectivity index (χ1v) is 3.33. The average Bonchev–Trinajstić information content (AvgIpc) is 1.91. The Balaban J connectivity index is 0.000000810. The number of hydrogen-bond acceptors (Lipinski definition) is 1. The van der Waals surface area contributed by atoms with Crippen molar-refractivity contribution in [3.63, 3.8) is 0 Å². The monoisotopic (exact) mass is 132 g/mol.